The third-order valence-electron chi connectivity index (χ3n) is 8.20. The van der Waals surface area contributed by atoms with Gasteiger partial charge in [0, 0.05) is 32.7 Å². The summed E-state index contributed by atoms with van der Waals surface area (Å²) in [5.41, 5.74) is 9.34. The molecule has 1 aromatic heterocycles. The molecule has 0 aliphatic carbocycles. The minimum absolute atomic E-state index is 0.519. The van der Waals surface area contributed by atoms with E-state index >= 15 is 0 Å². The highest BCUT2D eigenvalue weighted by Gasteiger charge is 2.15. The molecule has 0 atom stereocenters. The molecule has 7 heteroatoms. The summed E-state index contributed by atoms with van der Waals surface area (Å²) in [4.78, 5) is 16.9. The molecule has 0 aliphatic rings. The molecule has 5 aromatic carbocycles. The molecule has 4 N–H and O–H groups in total. The zero-order valence-electron chi connectivity index (χ0n) is 25.2. The lowest BCUT2D eigenvalue weighted by Gasteiger charge is -2.23. The Kier molecular flexibility index (Phi) is 8.80. The van der Waals surface area contributed by atoms with Gasteiger partial charge in [0.15, 0.2) is 0 Å². The molecule has 0 aliphatic heterocycles. The third kappa shape index (κ3) is 6.32. The lowest BCUT2D eigenvalue weighted by molar-refractivity contribution is 0.661. The van der Waals surface area contributed by atoms with E-state index in [9.17, 15) is 0 Å². The van der Waals surface area contributed by atoms with E-state index in [0.717, 1.165) is 49.9 Å². The Morgan fingerprint density at radius 1 is 0.651 bits per heavy atom. The van der Waals surface area contributed by atoms with Crippen LogP contribution in [0.5, 0.6) is 0 Å². The molecule has 220 valence electrons. The Morgan fingerprint density at radius 2 is 1.26 bits per heavy atom. The number of unbranched alkanes of at least 4 members (excludes halogenated alkanes) is 2. The van der Waals surface area contributed by atoms with Crippen LogP contribution >= 0.6 is 0 Å². The van der Waals surface area contributed by atoms with Gasteiger partial charge in [0.2, 0.25) is 17.8 Å². The number of aromatic nitrogens is 3. The molecule has 0 fully saturated rings. The Labute approximate surface area is 253 Å². The van der Waals surface area contributed by atoms with E-state index < -0.39 is 0 Å². The van der Waals surface area contributed by atoms with Crippen molar-refractivity contribution in [3.05, 3.63) is 95.6 Å². The normalized spacial score (nSPS) is 11.5. The summed E-state index contributed by atoms with van der Waals surface area (Å²) < 4.78 is 0. The second kappa shape index (κ2) is 13.2. The van der Waals surface area contributed by atoms with Gasteiger partial charge in [0.05, 0.1) is 0 Å². The van der Waals surface area contributed by atoms with Gasteiger partial charge in [0.1, 0.15) is 0 Å². The molecule has 1 heterocycles. The zero-order chi connectivity index (χ0) is 29.6. The average Bonchev–Trinajstić information content (AvgIpc) is 3.05. The first-order valence-corrected chi connectivity index (χ1v) is 15.6. The number of rotatable bonds is 14. The first-order valence-electron chi connectivity index (χ1n) is 15.6. The molecule has 6 aromatic rings. The molecular formula is C36H41N7. The Morgan fingerprint density at radius 3 is 1.95 bits per heavy atom. The van der Waals surface area contributed by atoms with Gasteiger partial charge in [-0.05, 0) is 61.8 Å². The van der Waals surface area contributed by atoms with E-state index in [2.05, 4.69) is 96.1 Å². The lowest BCUT2D eigenvalue weighted by atomic mass is 9.92. The topological polar surface area (TPSA) is 92.0 Å². The van der Waals surface area contributed by atoms with Gasteiger partial charge in [-0.3, -0.25) is 0 Å². The van der Waals surface area contributed by atoms with Gasteiger partial charge in [-0.15, -0.1) is 0 Å². The van der Waals surface area contributed by atoms with Crippen molar-refractivity contribution in [3.63, 3.8) is 0 Å². The lowest BCUT2D eigenvalue weighted by Crippen LogP contribution is -2.28. The maximum atomic E-state index is 5.87. The molecule has 7 nitrogen and oxygen atoms in total. The number of anilines is 3. The van der Waals surface area contributed by atoms with Crippen molar-refractivity contribution in [3.8, 4) is 0 Å². The summed E-state index contributed by atoms with van der Waals surface area (Å²) >= 11 is 0. The number of nitrogens with two attached hydrogens (primary N) is 1. The van der Waals surface area contributed by atoms with Gasteiger partial charge < -0.3 is 21.3 Å². The van der Waals surface area contributed by atoms with Crippen molar-refractivity contribution in [2.75, 3.05) is 28.6 Å². The van der Waals surface area contributed by atoms with Crippen molar-refractivity contribution in [1.82, 2.24) is 15.0 Å². The summed E-state index contributed by atoms with van der Waals surface area (Å²) in [5, 5.41) is 14.7. The van der Waals surface area contributed by atoms with E-state index in [4.69, 9.17) is 20.7 Å². The maximum absolute atomic E-state index is 5.87. The largest absolute Gasteiger partial charge is 0.350 e. The van der Waals surface area contributed by atoms with Crippen LogP contribution in [-0.2, 0) is 19.6 Å². The van der Waals surface area contributed by atoms with Crippen molar-refractivity contribution in [2.45, 2.75) is 59.2 Å². The standard InChI is InChI=1S/C36H41N7/c1-3-5-19-43(20-6-4-2)36-41-34(38-23-26-10-7-9-25(21-26)22-37)40-35(42-36)39-24-30-16-15-29-14-13-27-11-8-12-28-17-18-31(30)33(29)32(27)28/h7-18,21H,3-6,19-20,22-24,37H2,1-2H3,(H2,38,39,40,41,42). The highest BCUT2D eigenvalue weighted by Crippen LogP contribution is 2.36. The molecule has 0 saturated heterocycles. The van der Waals surface area contributed by atoms with E-state index in [1.165, 1.54) is 37.9 Å². The highest BCUT2D eigenvalue weighted by atomic mass is 15.3. The minimum Gasteiger partial charge on any atom is -0.350 e. The molecule has 43 heavy (non-hydrogen) atoms. The average molecular weight is 572 g/mol. The fourth-order valence-corrected chi connectivity index (χ4v) is 5.85. The first kappa shape index (κ1) is 28.6. The molecule has 0 spiro atoms. The summed E-state index contributed by atoms with van der Waals surface area (Å²) in [6, 6.07) is 28.2. The van der Waals surface area contributed by atoms with Crippen LogP contribution < -0.4 is 21.3 Å². The second-order valence-electron chi connectivity index (χ2n) is 11.3. The van der Waals surface area contributed by atoms with Crippen LogP contribution in [0.3, 0.4) is 0 Å². The summed E-state index contributed by atoms with van der Waals surface area (Å²) in [6.07, 6.45) is 4.43. The molecule has 0 unspecified atom stereocenters. The summed E-state index contributed by atoms with van der Waals surface area (Å²) in [6.45, 7) is 8.02. The molecular weight excluding hydrogens is 530 g/mol. The number of nitrogens with one attached hydrogen (secondary N) is 2. The molecule has 0 amide bonds. The van der Waals surface area contributed by atoms with Crippen LogP contribution in [0.15, 0.2) is 78.9 Å². The van der Waals surface area contributed by atoms with Gasteiger partial charge in [-0.25, -0.2) is 0 Å². The number of hydrogen-bond acceptors (Lipinski definition) is 7. The van der Waals surface area contributed by atoms with Crippen LogP contribution in [0, 0.1) is 0 Å². The zero-order valence-corrected chi connectivity index (χ0v) is 25.2. The van der Waals surface area contributed by atoms with Gasteiger partial charge in [-0.1, -0.05) is 106 Å². The Hall–Kier alpha value is -4.49. The SMILES string of the molecule is CCCCN(CCCC)c1nc(NCc2cccc(CN)c2)nc(NCc2ccc3ccc4cccc5ccc2c3c45)n1. The smallest absolute Gasteiger partial charge is 0.231 e. The fourth-order valence-electron chi connectivity index (χ4n) is 5.85. The molecule has 0 saturated carbocycles. The van der Waals surface area contributed by atoms with E-state index in [1.807, 2.05) is 12.1 Å². The number of nitrogens with zero attached hydrogens (tertiary/aromatic N) is 4. The van der Waals surface area contributed by atoms with Crippen molar-refractivity contribution < 1.29 is 0 Å². The highest BCUT2D eigenvalue weighted by molar-refractivity contribution is 6.23. The van der Waals surface area contributed by atoms with Crippen LogP contribution in [-0.4, -0.2) is 28.0 Å². The predicted molar refractivity (Wildman–Crippen MR) is 181 cm³/mol. The second-order valence-corrected chi connectivity index (χ2v) is 11.3. The van der Waals surface area contributed by atoms with Crippen molar-refractivity contribution in [1.29, 1.82) is 0 Å². The van der Waals surface area contributed by atoms with Crippen LogP contribution in [0.4, 0.5) is 17.8 Å². The minimum atomic E-state index is 0.519. The molecule has 6 rings (SSSR count). The predicted octanol–water partition coefficient (Wildman–Crippen LogP) is 7.86. The van der Waals surface area contributed by atoms with Gasteiger partial charge in [0.25, 0.3) is 0 Å². The number of benzene rings is 5. The first-order chi connectivity index (χ1) is 21.2. The monoisotopic (exact) mass is 571 g/mol. The quantitative estimate of drug-likeness (QED) is 0.115. The maximum Gasteiger partial charge on any atom is 0.231 e. The van der Waals surface area contributed by atoms with Gasteiger partial charge >= 0.3 is 0 Å². The van der Waals surface area contributed by atoms with E-state index in [1.54, 1.807) is 0 Å². The van der Waals surface area contributed by atoms with E-state index in [-0.39, 0.29) is 0 Å². The van der Waals surface area contributed by atoms with Crippen LogP contribution in [0.2, 0.25) is 0 Å². The Balaban J connectivity index is 1.31. The van der Waals surface area contributed by atoms with Gasteiger partial charge in [-0.2, -0.15) is 15.0 Å². The van der Waals surface area contributed by atoms with Crippen molar-refractivity contribution in [2.24, 2.45) is 5.73 Å². The third-order valence-corrected chi connectivity index (χ3v) is 8.20. The van der Waals surface area contributed by atoms with Crippen LogP contribution in [0.1, 0.15) is 56.2 Å². The molecule has 0 radical (unpaired) electrons. The molecule has 0 bridgehead atoms. The van der Waals surface area contributed by atoms with E-state index in [0.29, 0.717) is 37.5 Å². The summed E-state index contributed by atoms with van der Waals surface area (Å²) in [7, 11) is 0. The fraction of sp³-hybridized carbons (Fsp3) is 0.306. The van der Waals surface area contributed by atoms with Crippen LogP contribution in [0.25, 0.3) is 32.3 Å². The summed E-state index contributed by atoms with van der Waals surface area (Å²) in [5.74, 6) is 1.86. The van der Waals surface area contributed by atoms with Crippen molar-refractivity contribution >= 4 is 50.2 Å². The Bertz CT molecular complexity index is 1790. The number of hydrogen-bond donors (Lipinski definition) is 3.